The second-order valence-electron chi connectivity index (χ2n) is 24.0. The monoisotopic (exact) mass is 1210 g/mol. The lowest BCUT2D eigenvalue weighted by Gasteiger charge is -2.31. The molecule has 0 saturated carbocycles. The Labute approximate surface area is 508 Å². The zero-order valence-electron chi connectivity index (χ0n) is 50.4. The van der Waals surface area contributed by atoms with Gasteiger partial charge >= 0.3 is 11.9 Å². The van der Waals surface area contributed by atoms with E-state index in [2.05, 4.69) is 21.3 Å². The molecule has 4 aromatic rings. The molecule has 4 atom stereocenters. The molecule has 0 saturated heterocycles. The molecular formula is C65H76FN7O15. The van der Waals surface area contributed by atoms with Crippen LogP contribution in [0.3, 0.4) is 0 Å². The van der Waals surface area contributed by atoms with E-state index in [0.717, 1.165) is 16.0 Å². The summed E-state index contributed by atoms with van der Waals surface area (Å²) in [5.74, 6) is -6.86. The minimum atomic E-state index is -2.05. The Morgan fingerprint density at radius 3 is 2.27 bits per heavy atom. The summed E-state index contributed by atoms with van der Waals surface area (Å²) < 4.78 is 27.6. The molecule has 4 aliphatic rings. The predicted octanol–water partition coefficient (Wildman–Crippen LogP) is 5.25. The van der Waals surface area contributed by atoms with E-state index >= 15 is 4.39 Å². The number of amides is 6. The zero-order valence-corrected chi connectivity index (χ0v) is 50.4. The summed E-state index contributed by atoms with van der Waals surface area (Å²) >= 11 is 0. The van der Waals surface area contributed by atoms with Crippen LogP contribution in [0.15, 0.2) is 59.4 Å². The van der Waals surface area contributed by atoms with Crippen molar-refractivity contribution in [1.29, 1.82) is 0 Å². The van der Waals surface area contributed by atoms with Crippen molar-refractivity contribution in [3.63, 3.8) is 0 Å². The molecule has 468 valence electrons. The topological polar surface area (TPSA) is 313 Å². The van der Waals surface area contributed by atoms with Crippen LogP contribution in [0.4, 0.5) is 4.39 Å². The number of benzene rings is 2. The number of imide groups is 1. The van der Waals surface area contributed by atoms with Crippen LogP contribution in [0.5, 0.6) is 0 Å². The van der Waals surface area contributed by atoms with Crippen LogP contribution in [-0.2, 0) is 93.8 Å². The molecule has 88 heavy (non-hydrogen) atoms. The molecule has 0 radical (unpaired) electrons. The van der Waals surface area contributed by atoms with E-state index in [9.17, 15) is 62.6 Å². The number of ketones is 3. The number of fused-ring (bicyclic) bond motifs is 5. The van der Waals surface area contributed by atoms with Crippen molar-refractivity contribution in [3.8, 4) is 11.4 Å². The average molecular weight is 1210 g/mol. The second-order valence-corrected chi connectivity index (χ2v) is 24.0. The third kappa shape index (κ3) is 15.7. The molecule has 1 aliphatic carbocycles. The van der Waals surface area contributed by atoms with Crippen molar-refractivity contribution in [1.82, 2.24) is 35.7 Å². The maximum atomic E-state index is 15.4. The van der Waals surface area contributed by atoms with E-state index in [-0.39, 0.29) is 138 Å². The first-order chi connectivity index (χ1) is 41.8. The first kappa shape index (κ1) is 65.4. The van der Waals surface area contributed by atoms with Crippen molar-refractivity contribution < 1.29 is 71.7 Å². The van der Waals surface area contributed by atoms with Gasteiger partial charge in [0.05, 0.1) is 47.6 Å². The minimum Gasteiger partial charge on any atom is -0.460 e. The van der Waals surface area contributed by atoms with Crippen LogP contribution in [-0.4, -0.2) is 116 Å². The molecule has 23 heteroatoms. The fourth-order valence-corrected chi connectivity index (χ4v) is 11.8. The average Bonchev–Trinajstić information content (AvgIpc) is 1.46. The molecule has 0 fully saturated rings. The van der Waals surface area contributed by atoms with Gasteiger partial charge < -0.3 is 40.4 Å². The highest BCUT2D eigenvalue weighted by molar-refractivity contribution is 6.12. The molecule has 22 nitrogen and oxygen atoms in total. The molecule has 8 rings (SSSR count). The van der Waals surface area contributed by atoms with Gasteiger partial charge in [0, 0.05) is 105 Å². The number of nitrogens with one attached hydrogen (secondary N) is 4. The summed E-state index contributed by atoms with van der Waals surface area (Å²) in [5, 5.41) is 23.2. The molecule has 5 heterocycles. The number of pyridine rings is 2. The number of carbonyl (C=O) groups is 11. The number of esters is 2. The van der Waals surface area contributed by atoms with E-state index in [1.807, 2.05) is 0 Å². The maximum absolute atomic E-state index is 15.4. The number of halogens is 1. The summed E-state index contributed by atoms with van der Waals surface area (Å²) in [4.78, 5) is 162. The minimum absolute atomic E-state index is 0.00621. The largest absolute Gasteiger partial charge is 0.460 e. The fraction of sp³-hybridized carbons (Fsp3) is 0.492. The number of rotatable bonds is 30. The Bertz CT molecular complexity index is 3540. The summed E-state index contributed by atoms with van der Waals surface area (Å²) in [5.41, 5.74) is 1.34. The third-order valence-electron chi connectivity index (χ3n) is 16.5. The zero-order chi connectivity index (χ0) is 63.6. The van der Waals surface area contributed by atoms with Gasteiger partial charge in [-0.3, -0.25) is 57.6 Å². The number of Topliss-reactive ketones (excluding diaryl/α,β-unsaturated/α-hetero) is 3. The molecule has 0 spiro atoms. The van der Waals surface area contributed by atoms with Gasteiger partial charge in [0.25, 0.3) is 17.4 Å². The van der Waals surface area contributed by atoms with E-state index in [0.29, 0.717) is 71.1 Å². The number of hydrogen-bond donors (Lipinski definition) is 5. The summed E-state index contributed by atoms with van der Waals surface area (Å²) in [7, 11) is 0. The van der Waals surface area contributed by atoms with E-state index in [1.165, 1.54) is 22.8 Å². The Balaban J connectivity index is 0.803. The normalized spacial score (nSPS) is 17.1. The molecule has 0 unspecified atom stereocenters. The molecular weight excluding hydrogens is 1140 g/mol. The Kier molecular flexibility index (Phi) is 21.2. The van der Waals surface area contributed by atoms with Crippen LogP contribution in [0, 0.1) is 18.7 Å². The van der Waals surface area contributed by atoms with Crippen molar-refractivity contribution in [2.24, 2.45) is 5.92 Å². The number of aliphatic hydroxyl groups is 1. The van der Waals surface area contributed by atoms with Crippen molar-refractivity contribution >= 4 is 75.6 Å². The van der Waals surface area contributed by atoms with Gasteiger partial charge in [-0.25, -0.2) is 14.2 Å². The fourth-order valence-electron chi connectivity index (χ4n) is 11.8. The molecule has 5 N–H and O–H groups in total. The highest BCUT2D eigenvalue weighted by Gasteiger charge is 2.46. The van der Waals surface area contributed by atoms with Crippen LogP contribution in [0.25, 0.3) is 22.3 Å². The van der Waals surface area contributed by atoms with Gasteiger partial charge in [-0.15, -0.1) is 0 Å². The van der Waals surface area contributed by atoms with Gasteiger partial charge in [-0.05, 0) is 107 Å². The number of nitrogens with zero attached hydrogens (tertiary/aromatic N) is 3. The first-order valence-corrected chi connectivity index (χ1v) is 30.2. The van der Waals surface area contributed by atoms with Gasteiger partial charge in [0.2, 0.25) is 23.6 Å². The number of cyclic esters (lactones) is 1. The molecule has 3 aliphatic heterocycles. The summed E-state index contributed by atoms with van der Waals surface area (Å²) in [6.45, 7) is 8.00. The van der Waals surface area contributed by atoms with Crippen molar-refractivity contribution in [3.05, 3.63) is 110 Å². The lowest BCUT2D eigenvalue weighted by Crippen LogP contribution is -2.44. The third-order valence-corrected chi connectivity index (χ3v) is 16.5. The van der Waals surface area contributed by atoms with Gasteiger partial charge in [-0.2, -0.15) is 0 Å². The van der Waals surface area contributed by atoms with E-state index in [4.69, 9.17) is 14.5 Å². The predicted molar refractivity (Wildman–Crippen MR) is 317 cm³/mol. The van der Waals surface area contributed by atoms with Gasteiger partial charge in [0.1, 0.15) is 23.8 Å². The highest BCUT2D eigenvalue weighted by atomic mass is 19.1. The quantitative estimate of drug-likeness (QED) is 0.0223. The van der Waals surface area contributed by atoms with Crippen LogP contribution in [0.2, 0.25) is 0 Å². The van der Waals surface area contributed by atoms with Crippen LogP contribution < -0.4 is 26.8 Å². The summed E-state index contributed by atoms with van der Waals surface area (Å²) in [6.07, 6.45) is 3.63. The van der Waals surface area contributed by atoms with E-state index < -0.39 is 88.4 Å². The van der Waals surface area contributed by atoms with Crippen LogP contribution >= 0.6 is 0 Å². The van der Waals surface area contributed by atoms with Gasteiger partial charge in [0.15, 0.2) is 17.2 Å². The molecule has 6 amide bonds. The lowest BCUT2D eigenvalue weighted by molar-refractivity contribution is -0.172. The smallest absolute Gasteiger partial charge is 0.343 e. The number of aryl methyl sites for hydroxylation is 1. The Morgan fingerprint density at radius 1 is 0.830 bits per heavy atom. The van der Waals surface area contributed by atoms with Crippen molar-refractivity contribution in [2.75, 3.05) is 19.6 Å². The molecule has 2 aromatic carbocycles. The molecule has 2 aromatic heterocycles. The van der Waals surface area contributed by atoms with Gasteiger partial charge in [-0.1, -0.05) is 43.7 Å². The molecule has 0 bridgehead atoms. The standard InChI is InChI=1S/C65H76FN7O15/c1-6-65(86)45-32-50-60-43(35-73(50)62(84)44(45)36-87-63(65)85)59-47(21-20-42-37(2)46(66)33-49(71-60)58(42)59)69-53(78)17-13-28-67-52(77)24-22-51(76)48(30-38-14-9-7-10-15-38)70-54(79)23-19-41(75)34-68-61(83)39(18-27-57(82)88-64(3,4)5)31-40(74)16-11-8-12-29-72-55(80)25-26-56(72)81/h7,9-10,14-15,25-26,32-33,39,47-48,86H,6,8,11-13,16-24,27-31,34-36H2,1-5H3,(H,67,77)(H,68,83)(H,69,78)(H,70,79)/t39-,47+,48+,65+/m1/s1. The maximum Gasteiger partial charge on any atom is 0.343 e. The summed E-state index contributed by atoms with van der Waals surface area (Å²) in [6, 6.07) is 10.2. The Hall–Kier alpha value is -8.60. The number of hydrogen-bond acceptors (Lipinski definition) is 16. The lowest BCUT2D eigenvalue weighted by atomic mass is 9.81. The highest BCUT2D eigenvalue weighted by Crippen LogP contribution is 2.46. The van der Waals surface area contributed by atoms with Crippen molar-refractivity contribution in [2.45, 2.75) is 180 Å². The van der Waals surface area contributed by atoms with E-state index in [1.54, 1.807) is 71.0 Å². The first-order valence-electron chi connectivity index (χ1n) is 30.2. The SMILES string of the molecule is CC[C@@]1(O)C(=O)OCc2c1cc1n(c2=O)Cc2c-1nc1cc(F)c(C)c3c1c2[C@@H](NC(=O)CCCNC(=O)CCC(=O)[C@H](Cc1ccccc1)NC(=O)CCC(=O)CNC(=O)[C@H](CCC(=O)OC(C)(C)C)CC(=O)CCCCCN1C(=O)C=CC1=O)CC3. The number of ether oxygens (including phenoxy) is 2. The second kappa shape index (κ2) is 28.5. The number of carbonyl (C=O) groups excluding carboxylic acids is 11. The Morgan fingerprint density at radius 2 is 1.56 bits per heavy atom. The number of aromatic nitrogens is 2. The van der Waals surface area contributed by atoms with Crippen LogP contribution in [0.1, 0.15) is 169 Å². The number of unbranched alkanes of at least 4 members (excludes halogenated alkanes) is 2.